The molecule has 0 aliphatic carbocycles. The third-order valence-corrected chi connectivity index (χ3v) is 0. The van der Waals surface area contributed by atoms with Crippen molar-refractivity contribution in [2.75, 3.05) is 0 Å². The van der Waals surface area contributed by atoms with E-state index in [0.29, 0.717) is 0 Å². The van der Waals surface area contributed by atoms with E-state index in [2.05, 4.69) is 0 Å². The summed E-state index contributed by atoms with van der Waals surface area (Å²) in [5, 5.41) is 0. The second-order valence-electron chi connectivity index (χ2n) is 0. The Morgan fingerprint density at radius 3 is 0.800 bits per heavy atom. The Bertz CT molecular complexity index is 6.85. The first-order chi connectivity index (χ1) is 2.00. The second-order valence-corrected chi connectivity index (χ2v) is 0. The summed E-state index contributed by atoms with van der Waals surface area (Å²) in [6.07, 6.45) is 0. The van der Waals surface area contributed by atoms with Gasteiger partial charge in [0.25, 0.3) is 0 Å². The van der Waals surface area contributed by atoms with E-state index in [-0.39, 0.29) is 21.1 Å². The van der Waals surface area contributed by atoms with Crippen LogP contribution >= 0.6 is 0 Å². The van der Waals surface area contributed by atoms with Crippen molar-refractivity contribution in [1.29, 1.82) is 0 Å². The van der Waals surface area contributed by atoms with Crippen molar-refractivity contribution in [3.8, 4) is 0 Å². The van der Waals surface area contributed by atoms with Gasteiger partial charge in [0.05, 0.1) is 0 Å². The summed E-state index contributed by atoms with van der Waals surface area (Å²) in [6, 6.07) is 0. The Labute approximate surface area is 67.5 Å². The molecule has 0 rings (SSSR count). The number of rotatable bonds is 0. The topological polar surface area (TPSA) is 44.6 Å². The zero-order valence-electron chi connectivity index (χ0n) is 2.12. The predicted octanol–water partition coefficient (Wildman–Crippen LogP) is 0.570. The molecule has 0 bridgehead atoms. The number of nitrogens with zero attached hydrogens (tertiary/aromatic N) is 2. The van der Waals surface area contributed by atoms with Crippen molar-refractivity contribution in [2.24, 2.45) is 0 Å². The van der Waals surface area contributed by atoms with Crippen molar-refractivity contribution in [1.82, 2.24) is 0 Å². The average Bonchev–Trinajstić information content (AvgIpc) is 1.50. The van der Waals surface area contributed by atoms with E-state index in [1.165, 1.54) is 0 Å². The Hall–Kier alpha value is 1.66. The fourth-order valence-corrected chi connectivity index (χ4v) is 0. The molecule has 0 aromatic carbocycles. The molecule has 0 aromatic rings. The molecule has 5 heavy (non-hydrogen) atoms. The van der Waals surface area contributed by atoms with E-state index in [9.17, 15) is 0 Å². The first-order valence-corrected chi connectivity index (χ1v) is 2.16. The average molecular weight is 316 g/mol. The van der Waals surface area contributed by atoms with Crippen LogP contribution in [0.25, 0.3) is 7.82 Å². The molecule has 28 valence electrons. The van der Waals surface area contributed by atoms with Gasteiger partial charge in [-0.25, -0.2) is 0 Å². The normalized spacial score (nSPS) is 1.60. The SMILES string of the molecule is [Mo+2].[N-]=[Mo].[N-]=[Mo]. The second kappa shape index (κ2) is 44.5. The molecule has 0 radical (unpaired) electrons. The molecule has 2 nitrogen and oxygen atoms in total. The quantitative estimate of drug-likeness (QED) is 0.587. The van der Waals surface area contributed by atoms with Crippen LogP contribution in [0.2, 0.25) is 0 Å². The van der Waals surface area contributed by atoms with Gasteiger partial charge in [0.1, 0.15) is 0 Å². The van der Waals surface area contributed by atoms with Crippen LogP contribution in [0.3, 0.4) is 0 Å². The number of hydrogen-bond acceptors (Lipinski definition) is 0. The van der Waals surface area contributed by atoms with Crippen molar-refractivity contribution in [3.05, 3.63) is 7.82 Å². The summed E-state index contributed by atoms with van der Waals surface area (Å²) in [6.45, 7) is 0. The third kappa shape index (κ3) is 27.4. The molecule has 0 saturated carbocycles. The van der Waals surface area contributed by atoms with Crippen molar-refractivity contribution in [3.63, 3.8) is 0 Å². The maximum absolute atomic E-state index is 7.01. The van der Waals surface area contributed by atoms with Crippen LogP contribution in [0.15, 0.2) is 0 Å². The van der Waals surface area contributed by atoms with E-state index in [0.717, 1.165) is 39.3 Å². The number of hydrogen-bond donors (Lipinski definition) is 0. The molecule has 0 aliphatic heterocycles. The van der Waals surface area contributed by atoms with Gasteiger partial charge in [0, 0.05) is 0 Å². The fourth-order valence-electron chi connectivity index (χ4n) is 0. The summed E-state index contributed by atoms with van der Waals surface area (Å²) < 4.78 is 14.0. The van der Waals surface area contributed by atoms with Crippen molar-refractivity contribution >= 4 is 0 Å². The van der Waals surface area contributed by atoms with Crippen LogP contribution in [0.1, 0.15) is 0 Å². The van der Waals surface area contributed by atoms with E-state index < -0.39 is 0 Å². The summed E-state index contributed by atoms with van der Waals surface area (Å²) in [7, 11) is 0. The molecule has 0 heterocycles. The van der Waals surface area contributed by atoms with Gasteiger partial charge in [-0.1, -0.05) is 0 Å². The first kappa shape index (κ1) is 15.9. The minimum absolute atomic E-state index is 0. The van der Waals surface area contributed by atoms with Crippen LogP contribution in [-0.2, 0) is 60.3 Å². The summed E-state index contributed by atoms with van der Waals surface area (Å²) in [4.78, 5) is 0. The molecule has 0 spiro atoms. The third-order valence-electron chi connectivity index (χ3n) is 0. The zero-order chi connectivity index (χ0) is 4.00. The molecular weight excluding hydrogens is 316 g/mol. The van der Waals surface area contributed by atoms with Gasteiger partial charge in [0.2, 0.25) is 0 Å². The van der Waals surface area contributed by atoms with Gasteiger partial charge >= 0.3 is 68.2 Å². The van der Waals surface area contributed by atoms with Crippen molar-refractivity contribution in [2.45, 2.75) is 0 Å². The Morgan fingerprint density at radius 1 is 0.800 bits per heavy atom. The van der Waals surface area contributed by atoms with Crippen LogP contribution in [0.4, 0.5) is 0 Å². The molecule has 0 fully saturated rings. The zero-order valence-corrected chi connectivity index (χ0v) is 8.14. The Kier molecular flexibility index (Phi) is 142. The molecule has 0 aliphatic rings. The van der Waals surface area contributed by atoms with Gasteiger partial charge < -0.3 is 0 Å². The molecule has 0 saturated heterocycles. The Morgan fingerprint density at radius 2 is 0.800 bits per heavy atom. The minimum atomic E-state index is 0. The standard InChI is InChI=1S/3Mo.2N/q;;+2;2*-1. The van der Waals surface area contributed by atoms with E-state index in [1.54, 1.807) is 0 Å². The van der Waals surface area contributed by atoms with Gasteiger partial charge in [-0.3, -0.25) is 0 Å². The molecular formula is Mo3N2. The summed E-state index contributed by atoms with van der Waals surface area (Å²) >= 11 is 1.90. The molecule has 0 amide bonds. The summed E-state index contributed by atoms with van der Waals surface area (Å²) in [5.74, 6) is 0. The monoisotopic (exact) mass is 322 g/mol. The van der Waals surface area contributed by atoms with Crippen LogP contribution in [-0.4, -0.2) is 0 Å². The van der Waals surface area contributed by atoms with Gasteiger partial charge in [-0.2, -0.15) is 0 Å². The molecule has 0 atom stereocenters. The van der Waals surface area contributed by atoms with Crippen molar-refractivity contribution < 1.29 is 60.3 Å². The predicted molar refractivity (Wildman–Crippen MR) is 6.72 cm³/mol. The van der Waals surface area contributed by atoms with E-state index >= 15 is 0 Å². The molecule has 0 unspecified atom stereocenters. The summed E-state index contributed by atoms with van der Waals surface area (Å²) in [5.41, 5.74) is 0. The van der Waals surface area contributed by atoms with Gasteiger partial charge in [-0.05, 0) is 0 Å². The van der Waals surface area contributed by atoms with Gasteiger partial charge in [0.15, 0.2) is 0 Å². The van der Waals surface area contributed by atoms with Crippen LogP contribution in [0, 0.1) is 0 Å². The fraction of sp³-hybridized carbons (Fsp3) is 0. The maximum atomic E-state index is 7.01. The van der Waals surface area contributed by atoms with Gasteiger partial charge in [-0.15, -0.1) is 0 Å². The Balaban J connectivity index is -0.0000000133. The van der Waals surface area contributed by atoms with E-state index in [4.69, 9.17) is 7.82 Å². The molecule has 0 aromatic heterocycles. The molecule has 5 heteroatoms. The van der Waals surface area contributed by atoms with Crippen LogP contribution in [0.5, 0.6) is 0 Å². The first-order valence-electron chi connectivity index (χ1n) is 0.365. The van der Waals surface area contributed by atoms with Crippen LogP contribution < -0.4 is 0 Å². The molecule has 0 N–H and O–H groups in total. The van der Waals surface area contributed by atoms with E-state index in [1.807, 2.05) is 0 Å².